The molecule has 0 bridgehead atoms. The second-order valence-electron chi connectivity index (χ2n) is 12.0. The zero-order valence-corrected chi connectivity index (χ0v) is 26.7. The number of ether oxygens (including phenoxy) is 2. The first-order valence-electron chi connectivity index (χ1n) is 12.0. The van der Waals surface area contributed by atoms with Crippen LogP contribution in [0, 0.1) is 0 Å². The fourth-order valence-corrected chi connectivity index (χ4v) is 6.26. The molecule has 0 aliphatic carbocycles. The molecule has 8 nitrogen and oxygen atoms in total. The van der Waals surface area contributed by atoms with Gasteiger partial charge in [-0.3, -0.25) is 14.3 Å². The first-order valence-corrected chi connectivity index (χ1v) is 20.5. The molecule has 2 rings (SSSR count). The number of H-pyrrole nitrogens is 1. The maximum Gasteiger partial charge on any atom is 0.330 e. The van der Waals surface area contributed by atoms with Crippen molar-refractivity contribution in [2.45, 2.75) is 102 Å². The van der Waals surface area contributed by atoms with Crippen molar-refractivity contribution in [2.75, 3.05) is 18.8 Å². The van der Waals surface area contributed by atoms with Gasteiger partial charge in [0.2, 0.25) is 0 Å². The summed E-state index contributed by atoms with van der Waals surface area (Å²) in [5.74, 6) is 0.455. The molecule has 2 heterocycles. The van der Waals surface area contributed by atoms with Crippen LogP contribution in [0.3, 0.4) is 0 Å². The van der Waals surface area contributed by atoms with Crippen LogP contribution in [0.25, 0.3) is 0 Å². The van der Waals surface area contributed by atoms with Crippen molar-refractivity contribution in [3.8, 4) is 0 Å². The summed E-state index contributed by atoms with van der Waals surface area (Å²) in [6, 6.07) is 1.33. The topological polar surface area (TPSA) is 91.8 Å². The highest BCUT2D eigenvalue weighted by molar-refractivity contribution is 8.76. The quantitative estimate of drug-likeness (QED) is 0.179. The molecular formula is C23H44N2O6S2Si2. The Bertz CT molecular complexity index is 955. The molecule has 0 radical (unpaired) electrons. The van der Waals surface area contributed by atoms with Gasteiger partial charge in [-0.15, -0.1) is 0 Å². The summed E-state index contributed by atoms with van der Waals surface area (Å²) in [6.45, 7) is 22.2. The molecule has 1 N–H and O–H groups in total. The summed E-state index contributed by atoms with van der Waals surface area (Å²) in [5.41, 5.74) is -0.984. The molecule has 1 fully saturated rings. The van der Waals surface area contributed by atoms with Gasteiger partial charge in [-0.25, -0.2) is 4.79 Å². The zero-order chi connectivity index (χ0) is 26.8. The van der Waals surface area contributed by atoms with E-state index in [1.54, 1.807) is 21.6 Å². The van der Waals surface area contributed by atoms with Crippen molar-refractivity contribution in [3.63, 3.8) is 0 Å². The lowest BCUT2D eigenvalue weighted by atomic mass is 10.1. The van der Waals surface area contributed by atoms with Crippen molar-refractivity contribution in [3.05, 3.63) is 33.1 Å². The third-order valence-corrected chi connectivity index (χ3v) is 17.9. The number of nitrogens with one attached hydrogen (secondary N) is 1. The van der Waals surface area contributed by atoms with E-state index in [2.05, 4.69) is 72.7 Å². The van der Waals surface area contributed by atoms with Crippen LogP contribution < -0.4 is 11.2 Å². The van der Waals surface area contributed by atoms with Crippen molar-refractivity contribution in [2.24, 2.45) is 0 Å². The SMILES string of the molecule is CSSCO[C@@H]1C(O[Si](C)(C)C(C)(C)C)[C@H](n2ccc(=O)[nH]c2=O)O[C@@H]1CO[Si](C)(C)C(C)(C)C. The molecule has 0 spiro atoms. The fourth-order valence-electron chi connectivity index (χ4n) is 3.20. The van der Waals surface area contributed by atoms with E-state index < -0.39 is 52.4 Å². The molecule has 35 heavy (non-hydrogen) atoms. The number of nitrogens with zero attached hydrogens (tertiary/aromatic N) is 1. The average Bonchev–Trinajstić information content (AvgIpc) is 3.01. The first-order chi connectivity index (χ1) is 15.9. The monoisotopic (exact) mass is 564 g/mol. The van der Waals surface area contributed by atoms with Gasteiger partial charge in [0.05, 0.1) is 6.61 Å². The van der Waals surface area contributed by atoms with Gasteiger partial charge in [-0.05, 0) is 42.5 Å². The van der Waals surface area contributed by atoms with Gasteiger partial charge >= 0.3 is 5.69 Å². The van der Waals surface area contributed by atoms with Crippen molar-refractivity contribution < 1.29 is 18.3 Å². The predicted octanol–water partition coefficient (Wildman–Crippen LogP) is 5.20. The molecule has 1 aliphatic heterocycles. The standard InChI is InChI=1S/C23H44N2O6S2Si2/c1-22(2,3)34(8,9)29-14-16-18(28-15-33-32-7)19(31-35(10,11)23(4,5)6)20(30-16)25-13-12-17(26)24-21(25)27/h12-13,16,18-20H,14-15H2,1-11H3,(H,24,26,27)/t16-,18+,19?,20-/m1/s1. The number of hydrogen-bond acceptors (Lipinski definition) is 8. The van der Waals surface area contributed by atoms with Crippen LogP contribution in [0.2, 0.25) is 36.3 Å². The van der Waals surface area contributed by atoms with Crippen LogP contribution in [0.4, 0.5) is 0 Å². The van der Waals surface area contributed by atoms with E-state index in [1.807, 2.05) is 6.26 Å². The lowest BCUT2D eigenvalue weighted by Crippen LogP contribution is -2.51. The highest BCUT2D eigenvalue weighted by Crippen LogP contribution is 2.43. The van der Waals surface area contributed by atoms with Gasteiger partial charge in [0.1, 0.15) is 24.3 Å². The Balaban J connectivity index is 2.49. The highest BCUT2D eigenvalue weighted by Gasteiger charge is 2.52. The summed E-state index contributed by atoms with van der Waals surface area (Å²) >= 11 is 0. The van der Waals surface area contributed by atoms with E-state index in [0.29, 0.717) is 12.5 Å². The Morgan fingerprint density at radius 2 is 1.63 bits per heavy atom. The van der Waals surface area contributed by atoms with Crippen LogP contribution in [0.15, 0.2) is 21.9 Å². The van der Waals surface area contributed by atoms with Crippen molar-refractivity contribution in [1.82, 2.24) is 9.55 Å². The number of rotatable bonds is 10. The second-order valence-corrected chi connectivity index (χ2v) is 24.1. The van der Waals surface area contributed by atoms with Crippen molar-refractivity contribution >= 4 is 38.2 Å². The smallest absolute Gasteiger partial charge is 0.330 e. The molecule has 0 saturated carbocycles. The van der Waals surface area contributed by atoms with Gasteiger partial charge in [0, 0.05) is 12.3 Å². The molecule has 202 valence electrons. The fraction of sp³-hybridized carbons (Fsp3) is 0.826. The molecule has 1 aromatic rings. The van der Waals surface area contributed by atoms with Gasteiger partial charge in [0.15, 0.2) is 22.9 Å². The Kier molecular flexibility index (Phi) is 10.2. The van der Waals surface area contributed by atoms with Gasteiger partial charge in [0.25, 0.3) is 5.56 Å². The zero-order valence-electron chi connectivity index (χ0n) is 23.1. The minimum absolute atomic E-state index is 0.0446. The largest absolute Gasteiger partial charge is 0.414 e. The number of hydrogen-bond donors (Lipinski definition) is 1. The molecular weight excluding hydrogens is 521 g/mol. The Morgan fingerprint density at radius 3 is 2.14 bits per heavy atom. The van der Waals surface area contributed by atoms with Crippen LogP contribution in [-0.2, 0) is 18.3 Å². The molecule has 12 heteroatoms. The Morgan fingerprint density at radius 1 is 1.03 bits per heavy atom. The van der Waals surface area contributed by atoms with Crippen LogP contribution >= 0.6 is 21.6 Å². The second kappa shape index (κ2) is 11.6. The lowest BCUT2D eigenvalue weighted by Gasteiger charge is -2.41. The minimum atomic E-state index is -2.27. The molecule has 1 saturated heterocycles. The van der Waals surface area contributed by atoms with E-state index in [1.165, 1.54) is 16.8 Å². The van der Waals surface area contributed by atoms with E-state index in [-0.39, 0.29) is 10.1 Å². The molecule has 0 amide bonds. The lowest BCUT2D eigenvalue weighted by molar-refractivity contribution is -0.0547. The molecule has 1 aliphatic rings. The van der Waals surface area contributed by atoms with E-state index >= 15 is 0 Å². The first kappa shape index (κ1) is 30.9. The third-order valence-electron chi connectivity index (χ3n) is 7.49. The van der Waals surface area contributed by atoms with E-state index in [9.17, 15) is 9.59 Å². The van der Waals surface area contributed by atoms with Crippen LogP contribution in [-0.4, -0.2) is 63.3 Å². The molecule has 1 aromatic heterocycles. The minimum Gasteiger partial charge on any atom is -0.414 e. The average molecular weight is 565 g/mol. The predicted molar refractivity (Wildman–Crippen MR) is 151 cm³/mol. The summed E-state index contributed by atoms with van der Waals surface area (Å²) in [7, 11) is -1.10. The Labute approximate surface area is 219 Å². The molecule has 0 aromatic carbocycles. The Hall–Kier alpha value is -0.346. The van der Waals surface area contributed by atoms with Crippen molar-refractivity contribution in [1.29, 1.82) is 0 Å². The third kappa shape index (κ3) is 7.59. The van der Waals surface area contributed by atoms with Gasteiger partial charge in [-0.1, -0.05) is 63.1 Å². The van der Waals surface area contributed by atoms with Gasteiger partial charge < -0.3 is 18.3 Å². The van der Waals surface area contributed by atoms with Gasteiger partial charge in [-0.2, -0.15) is 0 Å². The summed E-state index contributed by atoms with van der Waals surface area (Å²) in [5, 5.41) is -0.00916. The summed E-state index contributed by atoms with van der Waals surface area (Å²) < 4.78 is 27.6. The maximum atomic E-state index is 12.8. The summed E-state index contributed by atoms with van der Waals surface area (Å²) in [4.78, 5) is 26.8. The van der Waals surface area contributed by atoms with Crippen LogP contribution in [0.1, 0.15) is 47.8 Å². The molecule has 4 atom stereocenters. The van der Waals surface area contributed by atoms with E-state index in [0.717, 1.165) is 0 Å². The summed E-state index contributed by atoms with van der Waals surface area (Å²) in [6.07, 6.45) is 1.34. The van der Waals surface area contributed by atoms with E-state index in [4.69, 9.17) is 18.3 Å². The maximum absolute atomic E-state index is 12.8. The number of aromatic nitrogens is 2. The highest BCUT2D eigenvalue weighted by atomic mass is 33.1. The number of aromatic amines is 1. The normalized spacial score (nSPS) is 24.2. The molecule has 1 unspecified atom stereocenters. The van der Waals surface area contributed by atoms with Crippen LogP contribution in [0.5, 0.6) is 0 Å².